The highest BCUT2D eigenvalue weighted by Gasteiger charge is 2.31. The van der Waals surface area contributed by atoms with Gasteiger partial charge in [-0.25, -0.2) is 0 Å². The zero-order valence-electron chi connectivity index (χ0n) is 14.5. The van der Waals surface area contributed by atoms with Crippen LogP contribution in [0.15, 0.2) is 42.5 Å². The van der Waals surface area contributed by atoms with E-state index in [1.54, 1.807) is 6.07 Å². The summed E-state index contributed by atoms with van der Waals surface area (Å²) >= 11 is 0. The number of hydrogen-bond acceptors (Lipinski definition) is 4. The maximum Gasteiger partial charge on any atom is 0.416 e. The molecule has 3 aromatic rings. The fraction of sp³-hybridized carbons (Fsp3) is 0.167. The molecule has 140 valence electrons. The Labute approximate surface area is 152 Å². The van der Waals surface area contributed by atoms with Crippen LogP contribution in [0, 0.1) is 13.8 Å². The van der Waals surface area contributed by atoms with Crippen molar-refractivity contribution in [2.45, 2.75) is 20.0 Å². The Hall–Kier alpha value is -3.36. The average Bonchev–Trinajstić information content (AvgIpc) is 2.98. The van der Waals surface area contributed by atoms with Crippen molar-refractivity contribution in [2.24, 2.45) is 0 Å². The van der Waals surface area contributed by atoms with Gasteiger partial charge in [-0.1, -0.05) is 29.0 Å². The van der Waals surface area contributed by atoms with Gasteiger partial charge in [-0.15, -0.1) is 5.10 Å². The third-order valence-electron chi connectivity index (χ3n) is 3.97. The number of anilines is 2. The molecule has 0 bridgehead atoms. The Morgan fingerprint density at radius 2 is 1.89 bits per heavy atom. The molecular weight excluding hydrogens is 359 g/mol. The number of carbonyl (C=O) groups is 1. The highest BCUT2D eigenvalue weighted by molar-refractivity contribution is 6.06. The van der Waals surface area contributed by atoms with Gasteiger partial charge in [-0.3, -0.25) is 4.79 Å². The summed E-state index contributed by atoms with van der Waals surface area (Å²) in [5.74, 6) is -0.755. The number of nitrogens with two attached hydrogens (primary N) is 1. The second kappa shape index (κ2) is 6.75. The summed E-state index contributed by atoms with van der Waals surface area (Å²) in [4.78, 5) is 12.5. The van der Waals surface area contributed by atoms with Gasteiger partial charge >= 0.3 is 6.18 Å². The van der Waals surface area contributed by atoms with Gasteiger partial charge < -0.3 is 11.1 Å². The maximum atomic E-state index is 12.9. The lowest BCUT2D eigenvalue weighted by molar-refractivity contribution is -0.137. The molecule has 1 amide bonds. The van der Waals surface area contributed by atoms with E-state index in [2.05, 4.69) is 15.6 Å². The van der Waals surface area contributed by atoms with Gasteiger partial charge in [0, 0.05) is 5.69 Å². The first-order valence-electron chi connectivity index (χ1n) is 7.94. The minimum Gasteiger partial charge on any atom is -0.382 e. The molecule has 0 aliphatic heterocycles. The van der Waals surface area contributed by atoms with Crippen LogP contribution in [0.4, 0.5) is 24.7 Å². The smallest absolute Gasteiger partial charge is 0.382 e. The fourth-order valence-corrected chi connectivity index (χ4v) is 2.59. The van der Waals surface area contributed by atoms with E-state index in [0.717, 1.165) is 27.9 Å². The van der Waals surface area contributed by atoms with E-state index in [1.165, 1.54) is 12.1 Å². The Balaban J connectivity index is 1.90. The van der Waals surface area contributed by atoms with Crippen molar-refractivity contribution < 1.29 is 18.0 Å². The van der Waals surface area contributed by atoms with Crippen molar-refractivity contribution in [3.63, 3.8) is 0 Å². The van der Waals surface area contributed by atoms with E-state index >= 15 is 0 Å². The molecule has 2 aromatic carbocycles. The van der Waals surface area contributed by atoms with E-state index in [9.17, 15) is 18.0 Å². The number of benzene rings is 2. The minimum absolute atomic E-state index is 0.0559. The van der Waals surface area contributed by atoms with Crippen molar-refractivity contribution in [1.29, 1.82) is 0 Å². The standard InChI is InChI=1S/C18H16F3N5O/c1-10-6-7-14(11(2)8-10)23-17(27)15-16(22)26(25-24-15)13-5-3-4-12(9-13)18(19,20)21/h3-9H,22H2,1-2H3,(H,23,27). The average molecular weight is 375 g/mol. The molecule has 6 nitrogen and oxygen atoms in total. The van der Waals surface area contributed by atoms with Crippen LogP contribution in [0.2, 0.25) is 0 Å². The number of hydrogen-bond donors (Lipinski definition) is 2. The molecule has 0 saturated heterocycles. The van der Waals surface area contributed by atoms with Crippen molar-refractivity contribution in [3.8, 4) is 5.69 Å². The van der Waals surface area contributed by atoms with Crippen LogP contribution in [-0.4, -0.2) is 20.9 Å². The van der Waals surface area contributed by atoms with Crippen LogP contribution in [0.5, 0.6) is 0 Å². The molecule has 27 heavy (non-hydrogen) atoms. The van der Waals surface area contributed by atoms with Crippen LogP contribution in [0.25, 0.3) is 5.69 Å². The van der Waals surface area contributed by atoms with Crippen LogP contribution >= 0.6 is 0 Å². The normalized spacial score (nSPS) is 11.4. The van der Waals surface area contributed by atoms with Crippen LogP contribution in [-0.2, 0) is 6.18 Å². The summed E-state index contributed by atoms with van der Waals surface area (Å²) in [5, 5.41) is 10.1. The molecule has 0 aliphatic rings. The summed E-state index contributed by atoms with van der Waals surface area (Å²) in [6.07, 6.45) is -4.51. The second-order valence-electron chi connectivity index (χ2n) is 6.06. The number of aromatic nitrogens is 3. The van der Waals surface area contributed by atoms with E-state index in [4.69, 9.17) is 5.73 Å². The van der Waals surface area contributed by atoms with Crippen molar-refractivity contribution in [1.82, 2.24) is 15.0 Å². The van der Waals surface area contributed by atoms with Gasteiger partial charge in [0.1, 0.15) is 0 Å². The van der Waals surface area contributed by atoms with Gasteiger partial charge in [0.05, 0.1) is 11.3 Å². The molecular formula is C18H16F3N5O. The molecule has 0 aliphatic carbocycles. The lowest BCUT2D eigenvalue weighted by atomic mass is 10.1. The number of amides is 1. The quantitative estimate of drug-likeness (QED) is 0.730. The van der Waals surface area contributed by atoms with Gasteiger partial charge in [-0.2, -0.15) is 17.9 Å². The summed E-state index contributed by atoms with van der Waals surface area (Å²) < 4.78 is 39.6. The van der Waals surface area contributed by atoms with E-state index in [1.807, 2.05) is 26.0 Å². The van der Waals surface area contributed by atoms with Gasteiger partial charge in [0.15, 0.2) is 11.5 Å². The predicted molar refractivity (Wildman–Crippen MR) is 94.6 cm³/mol. The lowest BCUT2D eigenvalue weighted by Gasteiger charge is -2.10. The Morgan fingerprint density at radius 3 is 2.56 bits per heavy atom. The minimum atomic E-state index is -4.51. The summed E-state index contributed by atoms with van der Waals surface area (Å²) in [6.45, 7) is 3.77. The second-order valence-corrected chi connectivity index (χ2v) is 6.06. The number of nitrogens with one attached hydrogen (secondary N) is 1. The Morgan fingerprint density at radius 1 is 1.15 bits per heavy atom. The molecule has 0 unspecified atom stereocenters. The zero-order valence-corrected chi connectivity index (χ0v) is 14.5. The predicted octanol–water partition coefficient (Wildman–Crippen LogP) is 3.74. The van der Waals surface area contributed by atoms with Gasteiger partial charge in [0.2, 0.25) is 0 Å². The summed E-state index contributed by atoms with van der Waals surface area (Å²) in [6, 6.07) is 9.93. The SMILES string of the molecule is Cc1ccc(NC(=O)c2nnn(-c3cccc(C(F)(F)F)c3)c2N)c(C)c1. The van der Waals surface area contributed by atoms with Gasteiger partial charge in [0.25, 0.3) is 5.91 Å². The zero-order chi connectivity index (χ0) is 19.8. The topological polar surface area (TPSA) is 85.8 Å². The third kappa shape index (κ3) is 3.76. The van der Waals surface area contributed by atoms with Crippen LogP contribution in [0.3, 0.4) is 0 Å². The van der Waals surface area contributed by atoms with Crippen molar-refractivity contribution in [3.05, 3.63) is 64.8 Å². The molecule has 3 rings (SSSR count). The molecule has 1 aromatic heterocycles. The fourth-order valence-electron chi connectivity index (χ4n) is 2.59. The first-order chi connectivity index (χ1) is 12.7. The molecule has 3 N–H and O–H groups in total. The third-order valence-corrected chi connectivity index (χ3v) is 3.97. The van der Waals surface area contributed by atoms with E-state index in [-0.39, 0.29) is 17.2 Å². The van der Waals surface area contributed by atoms with Gasteiger partial charge in [-0.05, 0) is 43.7 Å². The number of carbonyl (C=O) groups excluding carboxylic acids is 1. The first-order valence-corrected chi connectivity index (χ1v) is 7.94. The number of halogens is 3. The number of rotatable bonds is 3. The van der Waals surface area contributed by atoms with Crippen molar-refractivity contribution >= 4 is 17.4 Å². The van der Waals surface area contributed by atoms with E-state index in [0.29, 0.717) is 5.69 Å². The highest BCUT2D eigenvalue weighted by atomic mass is 19.4. The molecule has 0 fully saturated rings. The largest absolute Gasteiger partial charge is 0.416 e. The molecule has 1 heterocycles. The van der Waals surface area contributed by atoms with Crippen LogP contribution < -0.4 is 11.1 Å². The Kier molecular flexibility index (Phi) is 4.61. The van der Waals surface area contributed by atoms with Crippen LogP contribution in [0.1, 0.15) is 27.2 Å². The number of nitrogens with zero attached hydrogens (tertiary/aromatic N) is 3. The highest BCUT2D eigenvalue weighted by Crippen LogP contribution is 2.30. The van der Waals surface area contributed by atoms with Crippen molar-refractivity contribution in [2.75, 3.05) is 11.1 Å². The summed E-state index contributed by atoms with van der Waals surface area (Å²) in [5.41, 5.74) is 7.42. The molecule has 9 heteroatoms. The summed E-state index contributed by atoms with van der Waals surface area (Å²) in [7, 11) is 0. The Bertz CT molecular complexity index is 1010. The number of aryl methyl sites for hydroxylation is 2. The first kappa shape index (κ1) is 18.4. The molecule has 0 radical (unpaired) electrons. The molecule has 0 saturated carbocycles. The maximum absolute atomic E-state index is 12.9. The number of nitrogen functional groups attached to an aromatic ring is 1. The number of alkyl halides is 3. The lowest BCUT2D eigenvalue weighted by Crippen LogP contribution is -2.16. The monoisotopic (exact) mass is 375 g/mol. The van der Waals surface area contributed by atoms with E-state index < -0.39 is 17.6 Å². The molecule has 0 atom stereocenters. The molecule has 0 spiro atoms.